The SMILES string of the molecule is CC.COC1C=CC(=O)C(C)C1C/C=C(\C)CC/C=C(\C)CCC=C(C)C. The van der Waals surface area contributed by atoms with Crippen molar-refractivity contribution in [3.63, 3.8) is 0 Å². The molecule has 27 heavy (non-hydrogen) atoms. The lowest BCUT2D eigenvalue weighted by atomic mass is 9.79. The molecule has 0 aromatic heterocycles. The van der Waals surface area contributed by atoms with Crippen LogP contribution in [-0.4, -0.2) is 19.0 Å². The van der Waals surface area contributed by atoms with Crippen LogP contribution in [0.25, 0.3) is 0 Å². The summed E-state index contributed by atoms with van der Waals surface area (Å²) in [5, 5.41) is 0. The molecule has 3 unspecified atom stereocenters. The van der Waals surface area contributed by atoms with Gasteiger partial charge in [0.25, 0.3) is 0 Å². The molecule has 0 N–H and O–H groups in total. The van der Waals surface area contributed by atoms with Crippen LogP contribution in [0.5, 0.6) is 0 Å². The van der Waals surface area contributed by atoms with Crippen LogP contribution in [0.4, 0.5) is 0 Å². The van der Waals surface area contributed by atoms with Crippen molar-refractivity contribution in [2.45, 2.75) is 86.7 Å². The van der Waals surface area contributed by atoms with E-state index in [2.05, 4.69) is 45.9 Å². The molecule has 3 atom stereocenters. The summed E-state index contributed by atoms with van der Waals surface area (Å²) in [4.78, 5) is 11.9. The second-order valence-corrected chi connectivity index (χ2v) is 7.61. The van der Waals surface area contributed by atoms with E-state index in [1.807, 2.05) is 26.8 Å². The van der Waals surface area contributed by atoms with Gasteiger partial charge in [-0.2, -0.15) is 0 Å². The predicted molar refractivity (Wildman–Crippen MR) is 119 cm³/mol. The quantitative estimate of drug-likeness (QED) is 0.398. The molecule has 154 valence electrons. The van der Waals surface area contributed by atoms with Gasteiger partial charge in [0.15, 0.2) is 5.78 Å². The minimum absolute atomic E-state index is 0.0382. The number of hydrogen-bond donors (Lipinski definition) is 0. The fourth-order valence-corrected chi connectivity index (χ4v) is 3.25. The van der Waals surface area contributed by atoms with Crippen LogP contribution in [0, 0.1) is 11.8 Å². The number of ether oxygens (including phenoxy) is 1. The van der Waals surface area contributed by atoms with E-state index in [0.29, 0.717) is 0 Å². The molecule has 0 aliphatic heterocycles. The maximum absolute atomic E-state index is 11.9. The van der Waals surface area contributed by atoms with Gasteiger partial charge in [0, 0.05) is 18.9 Å². The van der Waals surface area contributed by atoms with Gasteiger partial charge in [-0.1, -0.05) is 61.8 Å². The van der Waals surface area contributed by atoms with Gasteiger partial charge in [-0.15, -0.1) is 0 Å². The minimum Gasteiger partial charge on any atom is -0.377 e. The molecule has 0 saturated heterocycles. The van der Waals surface area contributed by atoms with Gasteiger partial charge in [0.05, 0.1) is 6.10 Å². The van der Waals surface area contributed by atoms with Crippen molar-refractivity contribution >= 4 is 5.78 Å². The van der Waals surface area contributed by atoms with E-state index in [-0.39, 0.29) is 23.7 Å². The van der Waals surface area contributed by atoms with Crippen molar-refractivity contribution in [1.82, 2.24) is 0 Å². The first kappa shape index (κ1) is 25.6. The van der Waals surface area contributed by atoms with E-state index >= 15 is 0 Å². The molecule has 0 spiro atoms. The van der Waals surface area contributed by atoms with Crippen LogP contribution in [-0.2, 0) is 9.53 Å². The van der Waals surface area contributed by atoms with Gasteiger partial charge < -0.3 is 4.74 Å². The number of carbonyl (C=O) groups is 1. The zero-order chi connectivity index (χ0) is 20.8. The zero-order valence-corrected chi connectivity index (χ0v) is 19.0. The van der Waals surface area contributed by atoms with Crippen LogP contribution in [0.1, 0.15) is 80.6 Å². The van der Waals surface area contributed by atoms with E-state index in [4.69, 9.17) is 4.74 Å². The third-order valence-electron chi connectivity index (χ3n) is 5.10. The van der Waals surface area contributed by atoms with E-state index < -0.39 is 0 Å². The number of allylic oxidation sites excluding steroid dienone is 7. The Morgan fingerprint density at radius 1 is 1.00 bits per heavy atom. The number of ketones is 1. The van der Waals surface area contributed by atoms with Crippen molar-refractivity contribution in [1.29, 1.82) is 0 Å². The molecule has 1 rings (SSSR count). The number of rotatable bonds is 9. The van der Waals surface area contributed by atoms with Crippen LogP contribution in [0.3, 0.4) is 0 Å². The fraction of sp³-hybridized carbons (Fsp3) is 0.640. The van der Waals surface area contributed by atoms with Crippen molar-refractivity contribution in [3.8, 4) is 0 Å². The maximum Gasteiger partial charge on any atom is 0.158 e. The third-order valence-corrected chi connectivity index (χ3v) is 5.10. The molecule has 0 radical (unpaired) electrons. The molecular weight excluding hydrogens is 332 g/mol. The van der Waals surface area contributed by atoms with Crippen molar-refractivity contribution < 1.29 is 9.53 Å². The van der Waals surface area contributed by atoms with Gasteiger partial charge >= 0.3 is 0 Å². The Hall–Kier alpha value is -1.41. The van der Waals surface area contributed by atoms with Gasteiger partial charge in [-0.05, 0) is 65.9 Å². The zero-order valence-electron chi connectivity index (χ0n) is 19.0. The van der Waals surface area contributed by atoms with Crippen molar-refractivity contribution in [3.05, 3.63) is 47.1 Å². The van der Waals surface area contributed by atoms with Crippen LogP contribution >= 0.6 is 0 Å². The molecule has 0 bridgehead atoms. The first-order valence-electron chi connectivity index (χ1n) is 10.5. The summed E-state index contributed by atoms with van der Waals surface area (Å²) in [5.41, 5.74) is 4.27. The molecule has 0 amide bonds. The van der Waals surface area contributed by atoms with E-state index in [0.717, 1.165) is 32.1 Å². The summed E-state index contributed by atoms with van der Waals surface area (Å²) in [6, 6.07) is 0. The largest absolute Gasteiger partial charge is 0.377 e. The monoisotopic (exact) mass is 374 g/mol. The highest BCUT2D eigenvalue weighted by Gasteiger charge is 2.31. The Kier molecular flexibility index (Phi) is 13.9. The van der Waals surface area contributed by atoms with Crippen molar-refractivity contribution in [2.75, 3.05) is 7.11 Å². The average Bonchev–Trinajstić information content (AvgIpc) is 2.64. The molecule has 0 saturated carbocycles. The Morgan fingerprint density at radius 3 is 2.11 bits per heavy atom. The summed E-state index contributed by atoms with van der Waals surface area (Å²) >= 11 is 0. The normalized spacial score (nSPS) is 23.0. The van der Waals surface area contributed by atoms with Crippen LogP contribution in [0.15, 0.2) is 47.1 Å². The highest BCUT2D eigenvalue weighted by Crippen LogP contribution is 2.29. The lowest BCUT2D eigenvalue weighted by Gasteiger charge is -2.30. The molecule has 1 aliphatic carbocycles. The summed E-state index contributed by atoms with van der Waals surface area (Å²) in [6.45, 7) is 14.7. The molecule has 2 heteroatoms. The van der Waals surface area contributed by atoms with Crippen LogP contribution < -0.4 is 0 Å². The summed E-state index contributed by atoms with van der Waals surface area (Å²) in [7, 11) is 1.73. The van der Waals surface area contributed by atoms with E-state index in [1.54, 1.807) is 13.2 Å². The Bertz CT molecular complexity index is 545. The second-order valence-electron chi connectivity index (χ2n) is 7.61. The molecule has 2 nitrogen and oxygen atoms in total. The minimum atomic E-state index is 0.0382. The molecule has 0 aromatic rings. The standard InChI is InChI=1S/C23H36O2.C2H6/c1-17(2)9-7-10-18(3)11-8-12-19(4)13-14-21-20(5)22(24)15-16-23(21)25-6;1-2/h9,11,13,15-16,20-21,23H,7-8,10,12,14H2,1-6H3;1-2H3/b18-11+,19-13+;. The topological polar surface area (TPSA) is 26.3 Å². The first-order valence-corrected chi connectivity index (χ1v) is 10.5. The predicted octanol–water partition coefficient (Wildman–Crippen LogP) is 7.23. The molecule has 0 aromatic carbocycles. The van der Waals surface area contributed by atoms with Gasteiger partial charge in [-0.25, -0.2) is 0 Å². The number of hydrogen-bond acceptors (Lipinski definition) is 2. The van der Waals surface area contributed by atoms with Crippen LogP contribution in [0.2, 0.25) is 0 Å². The summed E-state index contributed by atoms with van der Waals surface area (Å²) in [5.74, 6) is 0.509. The summed E-state index contributed by atoms with van der Waals surface area (Å²) in [6.07, 6.45) is 16.0. The Labute approximate surface area is 168 Å². The van der Waals surface area contributed by atoms with Gasteiger partial charge in [-0.3, -0.25) is 4.79 Å². The highest BCUT2D eigenvalue weighted by molar-refractivity contribution is 5.92. The third kappa shape index (κ3) is 10.5. The molecule has 0 fully saturated rings. The van der Waals surface area contributed by atoms with E-state index in [9.17, 15) is 4.79 Å². The van der Waals surface area contributed by atoms with Gasteiger partial charge in [0.1, 0.15) is 0 Å². The smallest absolute Gasteiger partial charge is 0.158 e. The van der Waals surface area contributed by atoms with E-state index in [1.165, 1.54) is 16.7 Å². The average molecular weight is 375 g/mol. The summed E-state index contributed by atoms with van der Waals surface area (Å²) < 4.78 is 5.54. The molecule has 1 aliphatic rings. The molecular formula is C25H42O2. The highest BCUT2D eigenvalue weighted by atomic mass is 16.5. The molecule has 0 heterocycles. The number of methoxy groups -OCH3 is 1. The lowest BCUT2D eigenvalue weighted by Crippen LogP contribution is -2.34. The Balaban J connectivity index is 0.00000326. The fourth-order valence-electron chi connectivity index (χ4n) is 3.25. The van der Waals surface area contributed by atoms with Crippen molar-refractivity contribution in [2.24, 2.45) is 11.8 Å². The first-order chi connectivity index (χ1) is 12.8. The van der Waals surface area contributed by atoms with Gasteiger partial charge in [0.2, 0.25) is 0 Å². The number of carbonyl (C=O) groups excluding carboxylic acids is 1. The second kappa shape index (κ2) is 14.6. The lowest BCUT2D eigenvalue weighted by molar-refractivity contribution is -0.121. The Morgan fingerprint density at radius 2 is 1.56 bits per heavy atom. The maximum atomic E-state index is 11.9.